The maximum atomic E-state index is 12.7. The fourth-order valence-corrected chi connectivity index (χ4v) is 3.39. The Kier molecular flexibility index (Phi) is 4.27. The average molecular weight is 288 g/mol. The first-order valence-electron chi connectivity index (χ1n) is 7.80. The summed E-state index contributed by atoms with van der Waals surface area (Å²) in [7, 11) is 1.74. The number of rotatable bonds is 2. The van der Waals surface area contributed by atoms with Crippen LogP contribution in [0.4, 0.5) is 0 Å². The van der Waals surface area contributed by atoms with Gasteiger partial charge in [-0.15, -0.1) is 0 Å². The van der Waals surface area contributed by atoms with E-state index in [1.165, 1.54) is 11.1 Å². The van der Waals surface area contributed by atoms with Crippen LogP contribution in [0.3, 0.4) is 0 Å². The molecule has 114 valence electrons. The van der Waals surface area contributed by atoms with Gasteiger partial charge in [-0.05, 0) is 29.9 Å². The number of carbonyl (C=O) groups excluding carboxylic acids is 1. The molecule has 1 saturated heterocycles. The maximum absolute atomic E-state index is 12.7. The van der Waals surface area contributed by atoms with Gasteiger partial charge in [0.05, 0.1) is 12.1 Å². The van der Waals surface area contributed by atoms with Gasteiger partial charge in [-0.2, -0.15) is 0 Å². The number of piperidine rings is 1. The third-order valence-electron chi connectivity index (χ3n) is 4.88. The monoisotopic (exact) mass is 288 g/mol. The van der Waals surface area contributed by atoms with Crippen LogP contribution < -0.4 is 5.32 Å². The number of benzene rings is 1. The van der Waals surface area contributed by atoms with Crippen LogP contribution in [0.2, 0.25) is 0 Å². The van der Waals surface area contributed by atoms with E-state index in [0.29, 0.717) is 5.92 Å². The molecule has 1 fully saturated rings. The lowest BCUT2D eigenvalue weighted by atomic mass is 9.92. The molecule has 21 heavy (non-hydrogen) atoms. The van der Waals surface area contributed by atoms with Gasteiger partial charge >= 0.3 is 0 Å². The van der Waals surface area contributed by atoms with Gasteiger partial charge in [0.15, 0.2) is 0 Å². The minimum Gasteiger partial charge on any atom is -0.379 e. The van der Waals surface area contributed by atoms with Crippen LogP contribution in [-0.4, -0.2) is 43.2 Å². The second kappa shape index (κ2) is 6.16. The van der Waals surface area contributed by atoms with Crippen molar-refractivity contribution in [3.8, 4) is 0 Å². The number of nitrogens with zero attached hydrogens (tertiary/aromatic N) is 1. The molecule has 2 heterocycles. The summed E-state index contributed by atoms with van der Waals surface area (Å²) in [6.45, 7) is 4.55. The molecular weight excluding hydrogens is 264 g/mol. The predicted octanol–water partition coefficient (Wildman–Crippen LogP) is 1.58. The van der Waals surface area contributed by atoms with Crippen LogP contribution in [0.15, 0.2) is 24.3 Å². The molecule has 2 unspecified atom stereocenters. The standard InChI is InChI=1S/C17H24N2O2/c1-12-7-8-19(11-16(12)21-2)17(20)15-9-13-5-3-4-6-14(13)10-18-15/h3-6,12,15-16,18H,7-11H2,1-2H3/t12?,15-,16?/m0/s1. The van der Waals surface area contributed by atoms with E-state index in [0.717, 1.165) is 32.5 Å². The topological polar surface area (TPSA) is 41.6 Å². The third-order valence-corrected chi connectivity index (χ3v) is 4.88. The summed E-state index contributed by atoms with van der Waals surface area (Å²) in [5, 5.41) is 3.38. The smallest absolute Gasteiger partial charge is 0.240 e. The van der Waals surface area contributed by atoms with Crippen molar-refractivity contribution in [3.05, 3.63) is 35.4 Å². The predicted molar refractivity (Wildman–Crippen MR) is 81.9 cm³/mol. The van der Waals surface area contributed by atoms with E-state index < -0.39 is 0 Å². The average Bonchev–Trinajstić information content (AvgIpc) is 2.54. The quantitative estimate of drug-likeness (QED) is 0.898. The van der Waals surface area contributed by atoms with Crippen molar-refractivity contribution in [3.63, 3.8) is 0 Å². The molecule has 1 amide bonds. The molecule has 0 aromatic heterocycles. The lowest BCUT2D eigenvalue weighted by Gasteiger charge is -2.38. The van der Waals surface area contributed by atoms with Crippen molar-refractivity contribution < 1.29 is 9.53 Å². The summed E-state index contributed by atoms with van der Waals surface area (Å²) < 4.78 is 5.51. The lowest BCUT2D eigenvalue weighted by Crippen LogP contribution is -2.54. The fraction of sp³-hybridized carbons (Fsp3) is 0.588. The van der Waals surface area contributed by atoms with Crippen molar-refractivity contribution in [2.75, 3.05) is 20.2 Å². The van der Waals surface area contributed by atoms with Crippen molar-refractivity contribution in [2.45, 2.75) is 38.5 Å². The first-order valence-corrected chi connectivity index (χ1v) is 7.80. The van der Waals surface area contributed by atoms with E-state index in [1.807, 2.05) is 4.90 Å². The van der Waals surface area contributed by atoms with Gasteiger partial charge in [0.2, 0.25) is 5.91 Å². The molecule has 0 aliphatic carbocycles. The molecular formula is C17H24N2O2. The van der Waals surface area contributed by atoms with E-state index in [1.54, 1.807) is 7.11 Å². The Labute approximate surface area is 126 Å². The number of carbonyl (C=O) groups is 1. The van der Waals surface area contributed by atoms with Gasteiger partial charge in [-0.1, -0.05) is 31.2 Å². The van der Waals surface area contributed by atoms with Crippen molar-refractivity contribution in [1.29, 1.82) is 0 Å². The van der Waals surface area contributed by atoms with Gasteiger partial charge in [0.25, 0.3) is 0 Å². The van der Waals surface area contributed by atoms with E-state index in [9.17, 15) is 4.79 Å². The number of likely N-dealkylation sites (tertiary alicyclic amines) is 1. The SMILES string of the molecule is COC1CN(C(=O)[C@@H]2Cc3ccccc3CN2)CCC1C. The second-order valence-corrected chi connectivity index (χ2v) is 6.23. The summed E-state index contributed by atoms with van der Waals surface area (Å²) >= 11 is 0. The van der Waals surface area contributed by atoms with Crippen LogP contribution in [0.5, 0.6) is 0 Å². The zero-order valence-electron chi connectivity index (χ0n) is 12.8. The molecule has 2 aliphatic heterocycles. The highest BCUT2D eigenvalue weighted by atomic mass is 16.5. The Hall–Kier alpha value is -1.39. The molecule has 1 N–H and O–H groups in total. The number of hydrogen-bond donors (Lipinski definition) is 1. The minimum absolute atomic E-state index is 0.0918. The maximum Gasteiger partial charge on any atom is 0.240 e. The molecule has 1 aromatic rings. The van der Waals surface area contributed by atoms with Gasteiger partial charge in [-0.3, -0.25) is 4.79 Å². The Morgan fingerprint density at radius 1 is 1.33 bits per heavy atom. The molecule has 2 aliphatic rings. The van der Waals surface area contributed by atoms with Crippen molar-refractivity contribution >= 4 is 5.91 Å². The summed E-state index contributed by atoms with van der Waals surface area (Å²) in [4.78, 5) is 14.7. The van der Waals surface area contributed by atoms with E-state index in [-0.39, 0.29) is 18.1 Å². The van der Waals surface area contributed by atoms with E-state index in [4.69, 9.17) is 4.74 Å². The Balaban J connectivity index is 1.67. The van der Waals surface area contributed by atoms with Gasteiger partial charge in [0, 0.05) is 26.7 Å². The molecule has 1 aromatic carbocycles. The summed E-state index contributed by atoms with van der Waals surface area (Å²) in [6.07, 6.45) is 1.98. The highest BCUT2D eigenvalue weighted by Gasteiger charge is 2.33. The Morgan fingerprint density at radius 3 is 2.86 bits per heavy atom. The highest BCUT2D eigenvalue weighted by molar-refractivity contribution is 5.82. The normalized spacial score (nSPS) is 29.0. The number of nitrogens with one attached hydrogen (secondary N) is 1. The molecule has 4 heteroatoms. The third kappa shape index (κ3) is 2.97. The number of amides is 1. The molecule has 0 saturated carbocycles. The second-order valence-electron chi connectivity index (χ2n) is 6.23. The van der Waals surface area contributed by atoms with Gasteiger partial charge in [0.1, 0.15) is 0 Å². The first-order chi connectivity index (χ1) is 10.2. The molecule has 3 rings (SSSR count). The van der Waals surface area contributed by atoms with Crippen LogP contribution in [0, 0.1) is 5.92 Å². The van der Waals surface area contributed by atoms with E-state index >= 15 is 0 Å². The lowest BCUT2D eigenvalue weighted by molar-refractivity contribution is -0.138. The van der Waals surface area contributed by atoms with Gasteiger partial charge in [-0.25, -0.2) is 0 Å². The number of methoxy groups -OCH3 is 1. The number of hydrogen-bond acceptors (Lipinski definition) is 3. The largest absolute Gasteiger partial charge is 0.379 e. The molecule has 0 radical (unpaired) electrons. The summed E-state index contributed by atoms with van der Waals surface area (Å²) in [6, 6.07) is 8.28. The van der Waals surface area contributed by atoms with Crippen LogP contribution in [0.1, 0.15) is 24.5 Å². The minimum atomic E-state index is -0.0918. The number of fused-ring (bicyclic) bond motifs is 1. The summed E-state index contributed by atoms with van der Waals surface area (Å²) in [5.41, 5.74) is 2.60. The Bertz CT molecular complexity index is 517. The van der Waals surface area contributed by atoms with Crippen molar-refractivity contribution in [2.24, 2.45) is 5.92 Å². The van der Waals surface area contributed by atoms with Crippen LogP contribution in [-0.2, 0) is 22.5 Å². The van der Waals surface area contributed by atoms with E-state index in [2.05, 4.69) is 36.5 Å². The molecule has 4 nitrogen and oxygen atoms in total. The first kappa shape index (κ1) is 14.5. The highest BCUT2D eigenvalue weighted by Crippen LogP contribution is 2.22. The molecule has 0 spiro atoms. The van der Waals surface area contributed by atoms with Crippen LogP contribution in [0.25, 0.3) is 0 Å². The van der Waals surface area contributed by atoms with Crippen LogP contribution >= 0.6 is 0 Å². The Morgan fingerprint density at radius 2 is 2.10 bits per heavy atom. The molecule has 0 bridgehead atoms. The van der Waals surface area contributed by atoms with Gasteiger partial charge < -0.3 is 15.0 Å². The number of ether oxygens (including phenoxy) is 1. The fourth-order valence-electron chi connectivity index (χ4n) is 3.39. The zero-order chi connectivity index (χ0) is 14.8. The summed E-state index contributed by atoms with van der Waals surface area (Å²) in [5.74, 6) is 0.748. The van der Waals surface area contributed by atoms with Crippen molar-refractivity contribution in [1.82, 2.24) is 10.2 Å². The molecule has 3 atom stereocenters. The zero-order valence-corrected chi connectivity index (χ0v) is 12.8.